The first-order valence-electron chi connectivity index (χ1n) is 10.2. The van der Waals surface area contributed by atoms with Gasteiger partial charge in [0.2, 0.25) is 11.8 Å². The highest BCUT2D eigenvalue weighted by molar-refractivity contribution is 6.10. The van der Waals surface area contributed by atoms with E-state index in [0.29, 0.717) is 0 Å². The van der Waals surface area contributed by atoms with E-state index >= 15 is 0 Å². The van der Waals surface area contributed by atoms with Crippen LogP contribution in [0.4, 0.5) is 0 Å². The van der Waals surface area contributed by atoms with Crippen LogP contribution in [0.1, 0.15) is 54.4 Å². The van der Waals surface area contributed by atoms with Gasteiger partial charge in [-0.3, -0.25) is 14.5 Å². The summed E-state index contributed by atoms with van der Waals surface area (Å²) in [6.07, 6.45) is 0.265. The van der Waals surface area contributed by atoms with Gasteiger partial charge in [-0.05, 0) is 34.6 Å². The van der Waals surface area contributed by atoms with E-state index in [1.165, 1.54) is 0 Å². The maximum Gasteiger partial charge on any atom is 0.326 e. The van der Waals surface area contributed by atoms with Crippen molar-refractivity contribution >= 4 is 17.8 Å². The van der Waals surface area contributed by atoms with Crippen molar-refractivity contribution in [2.75, 3.05) is 0 Å². The molecule has 0 saturated carbocycles. The molecule has 1 heterocycles. The number of imide groups is 1. The molecule has 2 amide bonds. The highest BCUT2D eigenvalue weighted by atomic mass is 16.4. The third kappa shape index (κ3) is 2.36. The zero-order chi connectivity index (χ0) is 20.4. The standard InChI is InChI=1S/C24H23NO4/c1-12(2)11-17(24(28)29)25-22(26)20-18-13-7-3-4-8-14(13)19(21(20)23(25)27)16-10-6-5-9-15(16)18/h3-10,12,17-21H,11H2,1-2H3,(H,28,29)/t17-,18?,19?,20-,21-/m0/s1. The lowest BCUT2D eigenvalue weighted by Gasteiger charge is -2.45. The van der Waals surface area contributed by atoms with Gasteiger partial charge in [-0.25, -0.2) is 4.79 Å². The van der Waals surface area contributed by atoms with Gasteiger partial charge in [0.05, 0.1) is 11.8 Å². The average molecular weight is 389 g/mol. The predicted molar refractivity (Wildman–Crippen MR) is 106 cm³/mol. The summed E-state index contributed by atoms with van der Waals surface area (Å²) in [6, 6.07) is 14.9. The fourth-order valence-corrected chi connectivity index (χ4v) is 5.77. The molecule has 1 fully saturated rings. The van der Waals surface area contributed by atoms with Gasteiger partial charge >= 0.3 is 5.97 Å². The van der Waals surface area contributed by atoms with Gasteiger partial charge < -0.3 is 5.11 Å². The van der Waals surface area contributed by atoms with Crippen molar-refractivity contribution < 1.29 is 19.5 Å². The van der Waals surface area contributed by atoms with Gasteiger partial charge in [-0.1, -0.05) is 62.4 Å². The minimum atomic E-state index is -1.11. The largest absolute Gasteiger partial charge is 0.480 e. The second-order valence-electron chi connectivity index (χ2n) is 8.79. The lowest BCUT2D eigenvalue weighted by Crippen LogP contribution is -2.46. The fraction of sp³-hybridized carbons (Fsp3) is 0.375. The summed E-state index contributed by atoms with van der Waals surface area (Å²) in [5.41, 5.74) is 4.37. The van der Waals surface area contributed by atoms with E-state index in [9.17, 15) is 19.5 Å². The molecule has 6 rings (SSSR count). The normalized spacial score (nSPS) is 27.6. The average Bonchev–Trinajstić information content (AvgIpc) is 2.97. The number of likely N-dealkylation sites (tertiary alicyclic amines) is 1. The fourth-order valence-electron chi connectivity index (χ4n) is 5.77. The molecule has 1 saturated heterocycles. The lowest BCUT2D eigenvalue weighted by atomic mass is 9.55. The summed E-state index contributed by atoms with van der Waals surface area (Å²) in [4.78, 5) is 40.1. The van der Waals surface area contributed by atoms with Crippen molar-refractivity contribution in [2.45, 2.75) is 38.1 Å². The summed E-state index contributed by atoms with van der Waals surface area (Å²) < 4.78 is 0. The molecule has 3 aliphatic carbocycles. The first kappa shape index (κ1) is 18.1. The van der Waals surface area contributed by atoms with Gasteiger partial charge in [-0.2, -0.15) is 0 Å². The number of aliphatic carboxylic acids is 1. The van der Waals surface area contributed by atoms with Crippen molar-refractivity contribution in [3.63, 3.8) is 0 Å². The van der Waals surface area contributed by atoms with Crippen LogP contribution in [0.25, 0.3) is 0 Å². The number of hydrogen-bond acceptors (Lipinski definition) is 3. The number of carboxylic acids is 1. The van der Waals surface area contributed by atoms with Crippen LogP contribution < -0.4 is 0 Å². The molecular weight excluding hydrogens is 366 g/mol. The van der Waals surface area contributed by atoms with Crippen molar-refractivity contribution in [3.05, 3.63) is 70.8 Å². The Hall–Kier alpha value is -2.95. The molecule has 148 valence electrons. The molecule has 0 radical (unpaired) electrons. The molecule has 2 bridgehead atoms. The zero-order valence-electron chi connectivity index (χ0n) is 16.4. The molecule has 3 atom stereocenters. The zero-order valence-corrected chi connectivity index (χ0v) is 16.4. The number of carbonyl (C=O) groups excluding carboxylic acids is 2. The Kier molecular flexibility index (Phi) is 3.92. The van der Waals surface area contributed by atoms with Gasteiger partial charge in [0, 0.05) is 11.8 Å². The highest BCUT2D eigenvalue weighted by Crippen LogP contribution is 2.61. The molecule has 5 heteroatoms. The molecule has 0 aromatic heterocycles. The molecular formula is C24H23NO4. The molecule has 0 spiro atoms. The summed E-state index contributed by atoms with van der Waals surface area (Å²) in [5.74, 6) is -3.15. The molecule has 0 unspecified atom stereocenters. The lowest BCUT2D eigenvalue weighted by molar-refractivity contribution is -0.155. The van der Waals surface area contributed by atoms with E-state index in [-0.39, 0.29) is 36.0 Å². The SMILES string of the molecule is CC(C)C[C@@H](C(=O)O)N1C(=O)[C@H]2C3c4ccccc4C(c4ccccc43)[C@@H]2C1=O. The van der Waals surface area contributed by atoms with Gasteiger partial charge in [-0.15, -0.1) is 0 Å². The Morgan fingerprint density at radius 2 is 1.24 bits per heavy atom. The van der Waals surface area contributed by atoms with Crippen LogP contribution in [-0.2, 0) is 14.4 Å². The van der Waals surface area contributed by atoms with E-state index in [0.717, 1.165) is 27.2 Å². The molecule has 1 aliphatic heterocycles. The summed E-state index contributed by atoms with van der Waals surface area (Å²) in [7, 11) is 0. The number of nitrogens with zero attached hydrogens (tertiary/aromatic N) is 1. The third-order valence-electron chi connectivity index (χ3n) is 6.77. The van der Waals surface area contributed by atoms with Gasteiger partial charge in [0.15, 0.2) is 0 Å². The molecule has 5 nitrogen and oxygen atoms in total. The minimum absolute atomic E-state index is 0.0606. The van der Waals surface area contributed by atoms with Crippen LogP contribution in [0.2, 0.25) is 0 Å². The van der Waals surface area contributed by atoms with Crippen molar-refractivity contribution in [1.82, 2.24) is 4.90 Å². The smallest absolute Gasteiger partial charge is 0.326 e. The number of rotatable bonds is 4. The number of benzene rings is 2. The maximum absolute atomic E-state index is 13.5. The van der Waals surface area contributed by atoms with Crippen LogP contribution >= 0.6 is 0 Å². The summed E-state index contributed by atoms with van der Waals surface area (Å²) in [6.45, 7) is 3.81. The first-order valence-corrected chi connectivity index (χ1v) is 10.2. The first-order chi connectivity index (χ1) is 13.9. The quantitative estimate of drug-likeness (QED) is 0.814. The Balaban J connectivity index is 1.67. The predicted octanol–water partition coefficient (Wildman–Crippen LogP) is 3.38. The molecule has 4 aliphatic rings. The monoisotopic (exact) mass is 389 g/mol. The number of carboxylic acid groups (broad SMARTS) is 1. The molecule has 1 N–H and O–H groups in total. The summed E-state index contributed by atoms with van der Waals surface area (Å²) in [5, 5.41) is 9.80. The van der Waals surface area contributed by atoms with Crippen molar-refractivity contribution in [3.8, 4) is 0 Å². The summed E-state index contributed by atoms with van der Waals surface area (Å²) >= 11 is 0. The van der Waals surface area contributed by atoms with Gasteiger partial charge in [0.25, 0.3) is 0 Å². The second kappa shape index (κ2) is 6.28. The van der Waals surface area contributed by atoms with E-state index < -0.39 is 23.8 Å². The van der Waals surface area contributed by atoms with E-state index in [4.69, 9.17) is 0 Å². The van der Waals surface area contributed by atoms with Crippen LogP contribution in [0.5, 0.6) is 0 Å². The van der Waals surface area contributed by atoms with Crippen LogP contribution in [-0.4, -0.2) is 33.8 Å². The number of amides is 2. The Labute approximate surface area is 169 Å². The third-order valence-corrected chi connectivity index (χ3v) is 6.77. The second-order valence-corrected chi connectivity index (χ2v) is 8.79. The molecule has 29 heavy (non-hydrogen) atoms. The van der Waals surface area contributed by atoms with Crippen LogP contribution in [0.3, 0.4) is 0 Å². The maximum atomic E-state index is 13.5. The minimum Gasteiger partial charge on any atom is -0.480 e. The number of carbonyl (C=O) groups is 3. The van der Waals surface area contributed by atoms with Crippen molar-refractivity contribution in [1.29, 1.82) is 0 Å². The highest BCUT2D eigenvalue weighted by Gasteiger charge is 2.63. The Bertz CT molecular complexity index is 927. The van der Waals surface area contributed by atoms with Gasteiger partial charge in [0.1, 0.15) is 6.04 Å². The topological polar surface area (TPSA) is 74.7 Å². The van der Waals surface area contributed by atoms with E-state index in [2.05, 4.69) is 0 Å². The van der Waals surface area contributed by atoms with Crippen LogP contribution in [0.15, 0.2) is 48.5 Å². The Morgan fingerprint density at radius 3 is 1.55 bits per heavy atom. The van der Waals surface area contributed by atoms with Crippen LogP contribution in [0, 0.1) is 17.8 Å². The molecule has 2 aromatic rings. The van der Waals surface area contributed by atoms with E-state index in [1.54, 1.807) is 0 Å². The number of hydrogen-bond donors (Lipinski definition) is 1. The van der Waals surface area contributed by atoms with E-state index in [1.807, 2.05) is 62.4 Å². The van der Waals surface area contributed by atoms with Crippen molar-refractivity contribution in [2.24, 2.45) is 17.8 Å². The Morgan fingerprint density at radius 1 is 0.862 bits per heavy atom. The molecule has 2 aromatic carbocycles.